The molecule has 350 valence electrons. The third kappa shape index (κ3) is 10.4. The number of carbonyl (C=O) groups excluding carboxylic acids is 4. The van der Waals surface area contributed by atoms with Gasteiger partial charge in [0.05, 0.1) is 12.6 Å². The minimum absolute atomic E-state index is 0.00870. The molecule has 3 amide bonds. The largest absolute Gasteiger partial charge is 0.489 e. The lowest BCUT2D eigenvalue weighted by Gasteiger charge is -2.38. The Morgan fingerprint density at radius 2 is 1.66 bits per heavy atom. The molecule has 67 heavy (non-hydrogen) atoms. The Kier molecular flexibility index (Phi) is 13.1. The van der Waals surface area contributed by atoms with E-state index in [0.717, 1.165) is 106 Å². The highest BCUT2D eigenvalue weighted by Gasteiger charge is 2.40. The van der Waals surface area contributed by atoms with E-state index in [4.69, 9.17) is 9.15 Å². The van der Waals surface area contributed by atoms with Crippen molar-refractivity contribution in [3.05, 3.63) is 118 Å². The minimum atomic E-state index is -2.79. The van der Waals surface area contributed by atoms with Crippen LogP contribution in [-0.2, 0) is 42.1 Å². The fraction of sp³-hybridized carbons (Fsp3) is 0.471. The van der Waals surface area contributed by atoms with Gasteiger partial charge in [0.2, 0.25) is 17.7 Å². The van der Waals surface area contributed by atoms with Crippen molar-refractivity contribution in [2.45, 2.75) is 109 Å². The minimum Gasteiger partial charge on any atom is -0.489 e. The van der Waals surface area contributed by atoms with E-state index in [0.29, 0.717) is 36.1 Å². The van der Waals surface area contributed by atoms with Gasteiger partial charge >= 0.3 is 0 Å². The Morgan fingerprint density at radius 1 is 0.896 bits per heavy atom. The van der Waals surface area contributed by atoms with Crippen LogP contribution in [0.15, 0.2) is 77.7 Å². The number of carbonyl (C=O) groups is 4. The second kappa shape index (κ2) is 19.6. The lowest BCUT2D eigenvalue weighted by atomic mass is 9.85. The zero-order valence-electron chi connectivity index (χ0n) is 37.6. The molecule has 0 radical (unpaired) electrons. The molecule has 3 aliphatic heterocycles. The Bertz CT molecular complexity index is 2610. The number of amides is 3. The van der Waals surface area contributed by atoms with E-state index in [1.165, 1.54) is 29.6 Å². The summed E-state index contributed by atoms with van der Waals surface area (Å²) in [5.41, 5.74) is 5.21. The number of hydrogen-bond donors (Lipinski definition) is 1. The van der Waals surface area contributed by atoms with E-state index in [1.807, 2.05) is 12.1 Å². The number of Topliss-reactive ketones (excluding diaryl/α,β-unsaturated/α-hetero) is 1. The number of piperazine rings is 1. The first-order valence-electron chi connectivity index (χ1n) is 23.8. The fourth-order valence-corrected chi connectivity index (χ4v) is 10.2. The lowest BCUT2D eigenvalue weighted by Crippen LogP contribution is -2.52. The number of halogens is 2. The molecular weight excluding hydrogens is 859 g/mol. The number of hydrogen-bond acceptors (Lipinski definition) is 11. The van der Waals surface area contributed by atoms with Crippen LogP contribution in [-0.4, -0.2) is 96.7 Å². The number of alkyl halides is 2. The number of rotatable bonds is 17. The second-order valence-corrected chi connectivity index (χ2v) is 19.0. The van der Waals surface area contributed by atoms with Crippen molar-refractivity contribution in [3.8, 4) is 17.2 Å². The molecule has 0 spiro atoms. The standard InChI is InChI=1S/C51H56F2N8O6/c52-48(53)47-37(25-44(62)42-31-67-50(55-42)36-18-19-54-38(24-36)13-10-32-4-5-32)28-61(57-47)39-14-11-34(12-15-39)27-59-22-20-58(21-23-59)26-33-6-8-35(9-7-33)30-66-45-3-1-2-40-41(45)29-60(51(40)65)43-16-17-46(63)56-49(43)64/h1-3,6-9,18-19,24,28,31-32,34,39,43,48H,4-5,10-17,20-23,25-27,29-30H2,(H,56,63,64). The van der Waals surface area contributed by atoms with Gasteiger partial charge in [0.15, 0.2) is 5.78 Å². The Balaban J connectivity index is 0.656. The number of fused-ring (bicyclic) bond motifs is 1. The SMILES string of the molecule is O=C1CCC(N2Cc3c(OCc4ccc(CN5CCN(CC6CCC(n7cc(CC(=O)c8coc(-c9ccnc(CCC%10CC%10)c9)n8)c(C(F)F)n7)CC6)CC5)cc4)cccc3C2=O)C(=O)N1. The van der Waals surface area contributed by atoms with Crippen molar-refractivity contribution in [1.82, 2.24) is 39.8 Å². The summed E-state index contributed by atoms with van der Waals surface area (Å²) >= 11 is 0. The molecule has 10 rings (SSSR count). The van der Waals surface area contributed by atoms with E-state index in [2.05, 4.69) is 54.4 Å². The summed E-state index contributed by atoms with van der Waals surface area (Å²) in [5.74, 6) is 0.889. The van der Waals surface area contributed by atoms with Crippen LogP contribution in [0.25, 0.3) is 11.5 Å². The van der Waals surface area contributed by atoms with Gasteiger partial charge in [0, 0.05) is 92.5 Å². The van der Waals surface area contributed by atoms with Crippen LogP contribution in [0.5, 0.6) is 5.75 Å². The molecule has 1 N–H and O–H groups in total. The van der Waals surface area contributed by atoms with Crippen molar-refractivity contribution >= 4 is 23.5 Å². The molecule has 2 aliphatic carbocycles. The topological polar surface area (TPSA) is 156 Å². The van der Waals surface area contributed by atoms with Gasteiger partial charge in [-0.2, -0.15) is 5.10 Å². The molecule has 2 aromatic carbocycles. The summed E-state index contributed by atoms with van der Waals surface area (Å²) in [6.45, 7) is 6.40. The first-order valence-corrected chi connectivity index (χ1v) is 23.8. The predicted molar refractivity (Wildman–Crippen MR) is 242 cm³/mol. The van der Waals surface area contributed by atoms with Crippen LogP contribution >= 0.6 is 0 Å². The first-order chi connectivity index (χ1) is 32.6. The average Bonchev–Trinajstić information content (AvgIpc) is 3.68. The van der Waals surface area contributed by atoms with Crippen molar-refractivity contribution < 1.29 is 37.1 Å². The number of imide groups is 1. The molecule has 0 bridgehead atoms. The van der Waals surface area contributed by atoms with Gasteiger partial charge in [-0.05, 0) is 92.2 Å². The number of piperidine rings is 1. The molecule has 16 heteroatoms. The maximum atomic E-state index is 14.3. The molecule has 4 fully saturated rings. The highest BCUT2D eigenvalue weighted by molar-refractivity contribution is 6.05. The van der Waals surface area contributed by atoms with Crippen molar-refractivity contribution in [2.75, 3.05) is 32.7 Å². The van der Waals surface area contributed by atoms with Crippen molar-refractivity contribution in [1.29, 1.82) is 0 Å². The van der Waals surface area contributed by atoms with Gasteiger partial charge in [-0.25, -0.2) is 13.8 Å². The zero-order valence-corrected chi connectivity index (χ0v) is 37.6. The highest BCUT2D eigenvalue weighted by Crippen LogP contribution is 2.37. The van der Waals surface area contributed by atoms with Gasteiger partial charge in [-0.1, -0.05) is 43.2 Å². The molecule has 14 nitrogen and oxygen atoms in total. The predicted octanol–water partition coefficient (Wildman–Crippen LogP) is 7.53. The fourth-order valence-electron chi connectivity index (χ4n) is 10.2. The average molecular weight is 915 g/mol. The summed E-state index contributed by atoms with van der Waals surface area (Å²) in [5, 5.41) is 6.68. The first kappa shape index (κ1) is 44.7. The van der Waals surface area contributed by atoms with E-state index in [9.17, 15) is 28.0 Å². The van der Waals surface area contributed by atoms with Crippen LogP contribution in [0.1, 0.15) is 125 Å². The second-order valence-electron chi connectivity index (χ2n) is 19.0. The summed E-state index contributed by atoms with van der Waals surface area (Å²) in [6.07, 6.45) is 10.4. The van der Waals surface area contributed by atoms with Gasteiger partial charge < -0.3 is 19.0 Å². The van der Waals surface area contributed by atoms with Crippen LogP contribution < -0.4 is 10.1 Å². The molecule has 2 saturated heterocycles. The third-order valence-electron chi connectivity index (χ3n) is 14.3. The molecule has 5 aromatic rings. The lowest BCUT2D eigenvalue weighted by molar-refractivity contribution is -0.136. The van der Waals surface area contributed by atoms with Crippen LogP contribution in [0.3, 0.4) is 0 Å². The van der Waals surface area contributed by atoms with Crippen LogP contribution in [0, 0.1) is 11.8 Å². The highest BCUT2D eigenvalue weighted by atomic mass is 19.3. The molecule has 6 heterocycles. The Hall–Kier alpha value is -6.13. The maximum Gasteiger partial charge on any atom is 0.282 e. The number of ether oxygens (including phenoxy) is 1. The quantitative estimate of drug-likeness (QED) is 0.0727. The number of pyridine rings is 1. The Labute approximate surface area is 388 Å². The molecule has 3 aromatic heterocycles. The van der Waals surface area contributed by atoms with Gasteiger partial charge in [0.1, 0.15) is 36.0 Å². The van der Waals surface area contributed by atoms with E-state index in [-0.39, 0.29) is 60.0 Å². The van der Waals surface area contributed by atoms with Gasteiger partial charge in [-0.15, -0.1) is 0 Å². The number of aryl methyl sites for hydroxylation is 1. The Morgan fingerprint density at radius 3 is 2.42 bits per heavy atom. The number of nitrogens with one attached hydrogen (secondary N) is 1. The zero-order chi connectivity index (χ0) is 46.0. The summed E-state index contributed by atoms with van der Waals surface area (Å²) in [6, 6.07) is 16.9. The van der Waals surface area contributed by atoms with Gasteiger partial charge in [-0.3, -0.25) is 39.1 Å². The smallest absolute Gasteiger partial charge is 0.282 e. The van der Waals surface area contributed by atoms with Crippen LogP contribution in [0.2, 0.25) is 0 Å². The number of nitrogens with zero attached hydrogens (tertiary/aromatic N) is 7. The van der Waals surface area contributed by atoms with E-state index >= 15 is 0 Å². The van der Waals surface area contributed by atoms with Crippen molar-refractivity contribution in [3.63, 3.8) is 0 Å². The molecule has 1 atom stereocenters. The number of benzene rings is 2. The normalized spacial score (nSPS) is 21.5. The third-order valence-corrected chi connectivity index (χ3v) is 14.3. The van der Waals surface area contributed by atoms with E-state index in [1.54, 1.807) is 35.3 Å². The van der Waals surface area contributed by atoms with Crippen molar-refractivity contribution in [2.24, 2.45) is 11.8 Å². The molecule has 5 aliphatic rings. The molecule has 2 saturated carbocycles. The number of ketones is 1. The summed E-state index contributed by atoms with van der Waals surface area (Å²) in [4.78, 5) is 66.1. The van der Waals surface area contributed by atoms with Gasteiger partial charge in [0.25, 0.3) is 12.3 Å². The molecule has 1 unspecified atom stereocenters. The summed E-state index contributed by atoms with van der Waals surface area (Å²) in [7, 11) is 0. The monoisotopic (exact) mass is 914 g/mol. The number of oxazole rings is 1. The van der Waals surface area contributed by atoms with E-state index < -0.39 is 18.4 Å². The molecular formula is C51H56F2N8O6. The summed E-state index contributed by atoms with van der Waals surface area (Å²) < 4.78 is 42.1. The maximum absolute atomic E-state index is 14.3. The number of aromatic nitrogens is 4. The van der Waals surface area contributed by atoms with Crippen LogP contribution in [0.4, 0.5) is 8.78 Å².